The van der Waals surface area contributed by atoms with Crippen molar-refractivity contribution in [2.45, 2.75) is 26.9 Å². The van der Waals surface area contributed by atoms with Gasteiger partial charge in [0.05, 0.1) is 11.0 Å². The van der Waals surface area contributed by atoms with Crippen molar-refractivity contribution in [2.24, 2.45) is 10.7 Å². The molecule has 8 heteroatoms. The molecule has 0 fully saturated rings. The fourth-order valence-corrected chi connectivity index (χ4v) is 3.79. The lowest BCUT2D eigenvalue weighted by Gasteiger charge is -2.23. The van der Waals surface area contributed by atoms with Crippen LogP contribution in [0.3, 0.4) is 0 Å². The first-order valence-corrected chi connectivity index (χ1v) is 8.72. The maximum atomic E-state index is 6.06. The molecule has 3 N–H and O–H groups in total. The first kappa shape index (κ1) is 15.7. The number of anilines is 1. The second kappa shape index (κ2) is 5.47. The van der Waals surface area contributed by atoms with Crippen molar-refractivity contribution in [1.82, 2.24) is 19.3 Å². The minimum absolute atomic E-state index is 0.304. The topological polar surface area (TPSA) is 99.2 Å². The van der Waals surface area contributed by atoms with Crippen LogP contribution in [0.15, 0.2) is 45.9 Å². The van der Waals surface area contributed by atoms with E-state index < -0.39 is 0 Å². The lowest BCUT2D eigenvalue weighted by molar-refractivity contribution is 0.394. The number of hydrogen-bond acceptors (Lipinski definition) is 6. The third kappa shape index (κ3) is 2.26. The minimum Gasteiger partial charge on any atom is -0.370 e. The molecule has 0 radical (unpaired) electrons. The molecule has 136 valence electrons. The molecule has 0 aliphatic carbocycles. The molecule has 1 aliphatic rings. The molecular formula is C19H19N7O. The zero-order valence-electron chi connectivity index (χ0n) is 15.3. The first-order valence-electron chi connectivity index (χ1n) is 8.72. The first-order chi connectivity index (χ1) is 13.0. The van der Waals surface area contributed by atoms with Crippen LogP contribution in [-0.4, -0.2) is 25.2 Å². The Bertz CT molecular complexity index is 1210. The van der Waals surface area contributed by atoms with E-state index in [1.807, 2.05) is 44.2 Å². The van der Waals surface area contributed by atoms with Gasteiger partial charge in [-0.15, -0.1) is 0 Å². The highest BCUT2D eigenvalue weighted by Gasteiger charge is 2.28. The number of aryl methyl sites for hydroxylation is 2. The van der Waals surface area contributed by atoms with E-state index in [9.17, 15) is 0 Å². The molecule has 1 atom stereocenters. The van der Waals surface area contributed by atoms with Gasteiger partial charge < -0.3 is 10.3 Å². The highest BCUT2D eigenvalue weighted by atomic mass is 16.5. The summed E-state index contributed by atoms with van der Waals surface area (Å²) < 4.78 is 9.40. The average molecular weight is 361 g/mol. The number of nitrogens with two attached hydrogens (primary N) is 1. The molecule has 3 aromatic heterocycles. The largest absolute Gasteiger partial charge is 0.370 e. The summed E-state index contributed by atoms with van der Waals surface area (Å²) in [5, 5.41) is 7.23. The van der Waals surface area contributed by atoms with Gasteiger partial charge in [0.15, 0.2) is 17.9 Å². The Kier molecular flexibility index (Phi) is 3.18. The van der Waals surface area contributed by atoms with E-state index >= 15 is 0 Å². The monoisotopic (exact) mass is 361 g/mol. The van der Waals surface area contributed by atoms with Crippen molar-refractivity contribution in [3.05, 3.63) is 59.1 Å². The summed E-state index contributed by atoms with van der Waals surface area (Å²) >= 11 is 0. The van der Waals surface area contributed by atoms with E-state index in [2.05, 4.69) is 42.6 Å². The minimum atomic E-state index is -0.304. The number of aromatic nitrogens is 4. The Labute approximate surface area is 155 Å². The van der Waals surface area contributed by atoms with E-state index in [1.165, 1.54) is 0 Å². The zero-order chi connectivity index (χ0) is 18.7. The van der Waals surface area contributed by atoms with Crippen molar-refractivity contribution in [3.63, 3.8) is 0 Å². The summed E-state index contributed by atoms with van der Waals surface area (Å²) in [6.45, 7) is 5.98. The standard InChI is InChI=1S/C19H19N7O/c1-10-8-13(12(3)25(10)16-9-11(2)27-24-16)17-22-18(20)23-19-21-14-6-4-5-7-15(14)26(17)19/h4-9,17H,1-3H3,(H3,20,21,22,23). The molecule has 4 heterocycles. The fraction of sp³-hybridized carbons (Fsp3) is 0.211. The number of hydrogen-bond donors (Lipinski definition) is 2. The molecule has 8 nitrogen and oxygen atoms in total. The van der Waals surface area contributed by atoms with Gasteiger partial charge in [-0.1, -0.05) is 17.3 Å². The molecule has 1 aliphatic heterocycles. The molecule has 27 heavy (non-hydrogen) atoms. The lowest BCUT2D eigenvalue weighted by Crippen LogP contribution is -2.31. The number of para-hydroxylation sites is 2. The average Bonchev–Trinajstić information content (AvgIpc) is 3.29. The Morgan fingerprint density at radius 1 is 1.15 bits per heavy atom. The number of aliphatic imine (C=N–C) groups is 1. The summed E-state index contributed by atoms with van der Waals surface area (Å²) in [4.78, 5) is 9.34. The molecule has 0 amide bonds. The van der Waals surface area contributed by atoms with Crippen molar-refractivity contribution >= 4 is 22.9 Å². The number of imidazole rings is 1. The number of benzene rings is 1. The quantitative estimate of drug-likeness (QED) is 0.572. The predicted molar refractivity (Wildman–Crippen MR) is 103 cm³/mol. The molecule has 0 spiro atoms. The van der Waals surface area contributed by atoms with Gasteiger partial charge in [-0.05, 0) is 39.0 Å². The normalized spacial score (nSPS) is 16.3. The maximum absolute atomic E-state index is 6.06. The summed E-state index contributed by atoms with van der Waals surface area (Å²) in [6, 6.07) is 12.0. The van der Waals surface area contributed by atoms with Crippen molar-refractivity contribution in [3.8, 4) is 5.82 Å². The summed E-state index contributed by atoms with van der Waals surface area (Å²) in [7, 11) is 0. The van der Waals surface area contributed by atoms with Gasteiger partial charge in [0, 0.05) is 23.0 Å². The molecule has 1 unspecified atom stereocenters. The number of fused-ring (bicyclic) bond motifs is 3. The van der Waals surface area contributed by atoms with E-state index in [0.717, 1.165) is 39.6 Å². The van der Waals surface area contributed by atoms with E-state index in [0.29, 0.717) is 11.9 Å². The van der Waals surface area contributed by atoms with Crippen LogP contribution in [-0.2, 0) is 0 Å². The molecule has 5 rings (SSSR count). The summed E-state index contributed by atoms with van der Waals surface area (Å²) in [6.07, 6.45) is -0.304. The van der Waals surface area contributed by atoms with Gasteiger partial charge in [0.1, 0.15) is 5.76 Å². The second-order valence-corrected chi connectivity index (χ2v) is 6.76. The molecule has 4 aromatic rings. The van der Waals surface area contributed by atoms with Crippen LogP contribution in [0, 0.1) is 20.8 Å². The van der Waals surface area contributed by atoms with Gasteiger partial charge in [-0.2, -0.15) is 0 Å². The molecule has 0 bridgehead atoms. The van der Waals surface area contributed by atoms with Crippen molar-refractivity contribution in [2.75, 3.05) is 5.32 Å². The SMILES string of the molecule is Cc1cc(-n2c(C)cc(C3N=C(N)Nc4nc5ccccc5n43)c2C)no1. The van der Waals surface area contributed by atoms with Gasteiger partial charge in [0.25, 0.3) is 0 Å². The van der Waals surface area contributed by atoms with Crippen LogP contribution in [0.2, 0.25) is 0 Å². The van der Waals surface area contributed by atoms with Gasteiger partial charge >= 0.3 is 0 Å². The van der Waals surface area contributed by atoms with Gasteiger partial charge in [-0.3, -0.25) is 14.5 Å². The highest BCUT2D eigenvalue weighted by Crippen LogP contribution is 2.35. The lowest BCUT2D eigenvalue weighted by atomic mass is 10.1. The highest BCUT2D eigenvalue weighted by molar-refractivity contribution is 5.94. The Morgan fingerprint density at radius 3 is 2.74 bits per heavy atom. The molecule has 0 saturated carbocycles. The van der Waals surface area contributed by atoms with E-state index in [-0.39, 0.29) is 6.17 Å². The maximum Gasteiger partial charge on any atom is 0.212 e. The third-order valence-corrected chi connectivity index (χ3v) is 4.93. The molecular weight excluding hydrogens is 342 g/mol. The van der Waals surface area contributed by atoms with E-state index in [4.69, 9.17) is 10.3 Å². The Morgan fingerprint density at radius 2 is 1.96 bits per heavy atom. The van der Waals surface area contributed by atoms with Gasteiger partial charge in [-0.25, -0.2) is 9.98 Å². The molecule has 1 aromatic carbocycles. The van der Waals surface area contributed by atoms with Crippen molar-refractivity contribution < 1.29 is 4.52 Å². The molecule has 0 saturated heterocycles. The second-order valence-electron chi connectivity index (χ2n) is 6.76. The Balaban J connectivity index is 1.73. The van der Waals surface area contributed by atoms with Crippen LogP contribution in [0.5, 0.6) is 0 Å². The summed E-state index contributed by atoms with van der Waals surface area (Å²) in [5.74, 6) is 2.57. The number of guanidine groups is 1. The third-order valence-electron chi connectivity index (χ3n) is 4.93. The van der Waals surface area contributed by atoms with Gasteiger partial charge in [0.2, 0.25) is 5.95 Å². The number of nitrogens with zero attached hydrogens (tertiary/aromatic N) is 5. The fourth-order valence-electron chi connectivity index (χ4n) is 3.79. The van der Waals surface area contributed by atoms with Crippen LogP contribution in [0.25, 0.3) is 16.9 Å². The van der Waals surface area contributed by atoms with Crippen LogP contribution < -0.4 is 11.1 Å². The van der Waals surface area contributed by atoms with E-state index in [1.54, 1.807) is 0 Å². The zero-order valence-corrected chi connectivity index (χ0v) is 15.3. The predicted octanol–water partition coefficient (Wildman–Crippen LogP) is 3.03. The smallest absolute Gasteiger partial charge is 0.212 e. The number of nitrogens with one attached hydrogen (secondary N) is 1. The van der Waals surface area contributed by atoms with Crippen LogP contribution in [0.1, 0.15) is 28.9 Å². The Hall–Kier alpha value is -3.55. The van der Waals surface area contributed by atoms with Crippen LogP contribution >= 0.6 is 0 Å². The number of rotatable bonds is 2. The van der Waals surface area contributed by atoms with Crippen LogP contribution in [0.4, 0.5) is 5.95 Å². The van der Waals surface area contributed by atoms with Crippen molar-refractivity contribution in [1.29, 1.82) is 0 Å². The summed E-state index contributed by atoms with van der Waals surface area (Å²) in [5.41, 5.74) is 11.1.